The first-order valence-corrected chi connectivity index (χ1v) is 9.28. The Morgan fingerprint density at radius 1 is 0.895 bits per heavy atom. The topological polar surface area (TPSA) is 74.8 Å². The minimum atomic E-state index is -2.98. The molecule has 0 radical (unpaired) electrons. The van der Waals surface area contributed by atoms with E-state index in [2.05, 4.69) is 0 Å². The summed E-state index contributed by atoms with van der Waals surface area (Å²) in [4.78, 5) is 0. The lowest BCUT2D eigenvalue weighted by molar-refractivity contribution is 0.411. The van der Waals surface area contributed by atoms with Crippen molar-refractivity contribution in [1.82, 2.24) is 8.61 Å². The molecule has 0 aromatic carbocycles. The highest BCUT2D eigenvalue weighted by Crippen LogP contribution is 2.02. The average Bonchev–Trinajstić information content (AvgIpc) is 2.28. The molecule has 0 N–H and O–H groups in total. The maximum absolute atomic E-state index is 11.1. The van der Waals surface area contributed by atoms with Gasteiger partial charge in [-0.3, -0.25) is 0 Å². The Kier molecular flexibility index (Phi) is 9.10. The van der Waals surface area contributed by atoms with Crippen LogP contribution in [0.2, 0.25) is 0 Å². The van der Waals surface area contributed by atoms with Gasteiger partial charge >= 0.3 is 0 Å². The molecule has 118 valence electrons. The van der Waals surface area contributed by atoms with E-state index in [9.17, 15) is 16.8 Å². The number of hydrogen-bond acceptors (Lipinski definition) is 4. The quantitative estimate of drug-likeness (QED) is 0.757. The maximum atomic E-state index is 11.1. The van der Waals surface area contributed by atoms with Gasteiger partial charge in [0.1, 0.15) is 0 Å². The third kappa shape index (κ3) is 7.24. The zero-order valence-corrected chi connectivity index (χ0v) is 14.8. The summed E-state index contributed by atoms with van der Waals surface area (Å²) in [6.45, 7) is 8.68. The first-order chi connectivity index (χ1) is 8.30. The zero-order valence-electron chi connectivity index (χ0n) is 13.2. The number of rotatable bonds is 5. The predicted molar refractivity (Wildman–Crippen MR) is 80.1 cm³/mol. The van der Waals surface area contributed by atoms with Crippen LogP contribution in [-0.2, 0) is 20.0 Å². The molecule has 0 unspecified atom stereocenters. The fourth-order valence-corrected chi connectivity index (χ4v) is 2.84. The van der Waals surface area contributed by atoms with Gasteiger partial charge in [0.2, 0.25) is 20.0 Å². The number of nitrogens with zero attached hydrogens (tertiary/aromatic N) is 2. The second-order valence-electron chi connectivity index (χ2n) is 4.89. The Balaban J connectivity index is 0. The normalized spacial score (nSPS) is 13.1. The SMILES string of the molecule is CC(C)S(=O)(=O)N(C)C.CCS(=O)(=O)N(C)C(C)C. The van der Waals surface area contributed by atoms with Crippen LogP contribution in [0, 0.1) is 0 Å². The molecule has 6 nitrogen and oxygen atoms in total. The van der Waals surface area contributed by atoms with E-state index in [-0.39, 0.29) is 17.0 Å². The Morgan fingerprint density at radius 3 is 1.32 bits per heavy atom. The third-order valence-electron chi connectivity index (χ3n) is 2.64. The fourth-order valence-electron chi connectivity index (χ4n) is 0.946. The molecule has 0 bridgehead atoms. The Labute approximate surface area is 118 Å². The molecular weight excluding hydrogens is 288 g/mol. The van der Waals surface area contributed by atoms with Crippen molar-refractivity contribution in [2.75, 3.05) is 26.9 Å². The van der Waals surface area contributed by atoms with Crippen molar-refractivity contribution in [1.29, 1.82) is 0 Å². The Morgan fingerprint density at radius 2 is 1.26 bits per heavy atom. The molecule has 0 amide bonds. The molecule has 0 saturated heterocycles. The van der Waals surface area contributed by atoms with Gasteiger partial charge in [-0.2, -0.15) is 0 Å². The van der Waals surface area contributed by atoms with Crippen molar-refractivity contribution in [3.63, 3.8) is 0 Å². The van der Waals surface area contributed by atoms with Gasteiger partial charge in [0, 0.05) is 27.2 Å². The van der Waals surface area contributed by atoms with Crippen molar-refractivity contribution >= 4 is 20.0 Å². The van der Waals surface area contributed by atoms with E-state index < -0.39 is 20.0 Å². The summed E-state index contributed by atoms with van der Waals surface area (Å²) in [7, 11) is -1.27. The van der Waals surface area contributed by atoms with Crippen LogP contribution in [0.4, 0.5) is 0 Å². The monoisotopic (exact) mass is 316 g/mol. The molecule has 0 rings (SSSR count). The Hall–Kier alpha value is -0.180. The van der Waals surface area contributed by atoms with Crippen LogP contribution in [0.1, 0.15) is 34.6 Å². The van der Waals surface area contributed by atoms with Crippen LogP contribution in [0.15, 0.2) is 0 Å². The van der Waals surface area contributed by atoms with Crippen LogP contribution >= 0.6 is 0 Å². The van der Waals surface area contributed by atoms with Gasteiger partial charge in [0.25, 0.3) is 0 Å². The van der Waals surface area contributed by atoms with Crippen molar-refractivity contribution in [2.45, 2.75) is 45.9 Å². The van der Waals surface area contributed by atoms with Crippen LogP contribution < -0.4 is 0 Å². The minimum Gasteiger partial charge on any atom is -0.212 e. The number of hydrogen-bond donors (Lipinski definition) is 0. The summed E-state index contributed by atoms with van der Waals surface area (Å²) in [5, 5.41) is -0.313. The molecule has 0 aromatic rings. The van der Waals surface area contributed by atoms with E-state index in [1.807, 2.05) is 13.8 Å². The second kappa shape index (κ2) is 8.18. The van der Waals surface area contributed by atoms with Gasteiger partial charge in [-0.15, -0.1) is 0 Å². The molecule has 0 aliphatic heterocycles. The molecular formula is C11H28N2O4S2. The van der Waals surface area contributed by atoms with Gasteiger partial charge in [0.15, 0.2) is 0 Å². The molecule has 0 aromatic heterocycles. The van der Waals surface area contributed by atoms with Crippen molar-refractivity contribution < 1.29 is 16.8 Å². The third-order valence-corrected chi connectivity index (χ3v) is 6.87. The first-order valence-electron chi connectivity index (χ1n) is 6.17. The average molecular weight is 316 g/mol. The smallest absolute Gasteiger partial charge is 0.212 e. The molecule has 0 heterocycles. The lowest BCUT2D eigenvalue weighted by Crippen LogP contribution is -2.34. The van der Waals surface area contributed by atoms with Crippen molar-refractivity contribution in [3.8, 4) is 0 Å². The standard InChI is InChI=1S/C6H15NO2S.C5H13NO2S/c1-5-10(8,9)7(4)6(2)3;1-5(2)9(7,8)6(3)4/h6H,5H2,1-4H3;5H,1-4H3. The van der Waals surface area contributed by atoms with E-state index in [1.165, 1.54) is 22.7 Å². The largest absolute Gasteiger partial charge is 0.215 e. The lowest BCUT2D eigenvalue weighted by atomic mass is 10.4. The van der Waals surface area contributed by atoms with E-state index in [0.717, 1.165) is 0 Å². The van der Waals surface area contributed by atoms with Crippen LogP contribution in [0.25, 0.3) is 0 Å². The summed E-state index contributed by atoms with van der Waals surface area (Å²) in [6.07, 6.45) is 0. The molecule has 8 heteroatoms. The number of sulfonamides is 2. The lowest BCUT2D eigenvalue weighted by Gasteiger charge is -2.19. The van der Waals surface area contributed by atoms with Gasteiger partial charge in [-0.05, 0) is 34.6 Å². The van der Waals surface area contributed by atoms with Crippen LogP contribution in [0.5, 0.6) is 0 Å². The highest BCUT2D eigenvalue weighted by Gasteiger charge is 2.18. The summed E-state index contributed by atoms with van der Waals surface area (Å²) in [5.41, 5.74) is 0. The van der Waals surface area contributed by atoms with Gasteiger partial charge in [-0.25, -0.2) is 25.4 Å². The summed E-state index contributed by atoms with van der Waals surface area (Å²) >= 11 is 0. The summed E-state index contributed by atoms with van der Waals surface area (Å²) < 4.78 is 46.7. The van der Waals surface area contributed by atoms with E-state index in [1.54, 1.807) is 27.8 Å². The van der Waals surface area contributed by atoms with Crippen molar-refractivity contribution in [2.24, 2.45) is 0 Å². The Bertz CT molecular complexity index is 425. The van der Waals surface area contributed by atoms with E-state index in [4.69, 9.17) is 0 Å². The fraction of sp³-hybridized carbons (Fsp3) is 1.00. The van der Waals surface area contributed by atoms with Crippen LogP contribution in [0.3, 0.4) is 0 Å². The molecule has 0 aliphatic carbocycles. The van der Waals surface area contributed by atoms with E-state index in [0.29, 0.717) is 0 Å². The van der Waals surface area contributed by atoms with Gasteiger partial charge in [0.05, 0.1) is 11.0 Å². The van der Waals surface area contributed by atoms with Crippen LogP contribution in [-0.4, -0.2) is 63.6 Å². The summed E-state index contributed by atoms with van der Waals surface area (Å²) in [5.74, 6) is 0.182. The first kappa shape index (κ1) is 21.1. The van der Waals surface area contributed by atoms with Gasteiger partial charge in [-0.1, -0.05) is 0 Å². The van der Waals surface area contributed by atoms with Crippen molar-refractivity contribution in [3.05, 3.63) is 0 Å². The highest BCUT2D eigenvalue weighted by molar-refractivity contribution is 7.89. The van der Waals surface area contributed by atoms with E-state index >= 15 is 0 Å². The molecule has 0 atom stereocenters. The molecule has 0 spiro atoms. The molecule has 19 heavy (non-hydrogen) atoms. The molecule has 0 aliphatic rings. The second-order valence-corrected chi connectivity index (χ2v) is 9.91. The summed E-state index contributed by atoms with van der Waals surface area (Å²) in [6, 6.07) is 0.0601. The predicted octanol–water partition coefficient (Wildman–Crippen LogP) is 0.963. The maximum Gasteiger partial charge on any atom is 0.215 e. The zero-order chi connectivity index (χ0) is 16.0. The highest BCUT2D eigenvalue weighted by atomic mass is 32.2. The molecule has 0 saturated carbocycles. The molecule has 0 fully saturated rings. The van der Waals surface area contributed by atoms with Gasteiger partial charge < -0.3 is 0 Å². The minimum absolute atomic E-state index is 0.0601.